The highest BCUT2D eigenvalue weighted by Crippen LogP contribution is 2.31. The molecule has 0 saturated heterocycles. The molecule has 0 aliphatic carbocycles. The number of carbonyl (C=O) groups excluding carboxylic acids is 2. The van der Waals surface area contributed by atoms with Gasteiger partial charge in [-0.15, -0.1) is 0 Å². The first kappa shape index (κ1) is 21.5. The largest absolute Gasteiger partial charge is 0.325 e. The van der Waals surface area contributed by atoms with Gasteiger partial charge < -0.3 is 5.32 Å². The van der Waals surface area contributed by atoms with Crippen molar-refractivity contribution in [3.05, 3.63) is 102 Å². The SMILES string of the molecule is CC(SC1=N/C(=C\c2ccccc2)C(=O)N1c1ccc(F)cc1)C(=O)Nc1ccccc1. The zero-order valence-electron chi connectivity index (χ0n) is 17.2. The van der Waals surface area contributed by atoms with Crippen molar-refractivity contribution < 1.29 is 14.0 Å². The average molecular weight is 446 g/mol. The van der Waals surface area contributed by atoms with E-state index in [2.05, 4.69) is 10.3 Å². The Morgan fingerprint density at radius 3 is 2.28 bits per heavy atom. The van der Waals surface area contributed by atoms with Gasteiger partial charge in [0.2, 0.25) is 5.91 Å². The lowest BCUT2D eigenvalue weighted by molar-refractivity contribution is -0.115. The summed E-state index contributed by atoms with van der Waals surface area (Å²) in [6.45, 7) is 1.75. The number of thioether (sulfide) groups is 1. The second-order valence-electron chi connectivity index (χ2n) is 7.07. The van der Waals surface area contributed by atoms with Gasteiger partial charge in [-0.2, -0.15) is 0 Å². The molecule has 0 fully saturated rings. The topological polar surface area (TPSA) is 61.8 Å². The fraction of sp³-hybridized carbons (Fsp3) is 0.0800. The molecule has 3 aromatic carbocycles. The zero-order chi connectivity index (χ0) is 22.5. The third kappa shape index (κ3) is 4.95. The average Bonchev–Trinajstić information content (AvgIpc) is 3.10. The summed E-state index contributed by atoms with van der Waals surface area (Å²) in [5, 5.41) is 2.69. The number of nitrogens with one attached hydrogen (secondary N) is 1. The molecule has 0 spiro atoms. The summed E-state index contributed by atoms with van der Waals surface area (Å²) >= 11 is 1.17. The summed E-state index contributed by atoms with van der Waals surface area (Å²) in [6.07, 6.45) is 1.70. The van der Waals surface area contributed by atoms with E-state index in [9.17, 15) is 14.0 Å². The molecule has 160 valence electrons. The van der Waals surface area contributed by atoms with Gasteiger partial charge in [0.25, 0.3) is 5.91 Å². The number of anilines is 2. The van der Waals surface area contributed by atoms with Crippen LogP contribution in [0.5, 0.6) is 0 Å². The maximum atomic E-state index is 13.5. The van der Waals surface area contributed by atoms with Gasteiger partial charge in [0.1, 0.15) is 11.5 Å². The van der Waals surface area contributed by atoms with E-state index in [1.165, 1.54) is 40.9 Å². The Bertz CT molecular complexity index is 1180. The first-order valence-electron chi connectivity index (χ1n) is 9.99. The van der Waals surface area contributed by atoms with Gasteiger partial charge in [-0.05, 0) is 55.0 Å². The van der Waals surface area contributed by atoms with Crippen molar-refractivity contribution in [2.75, 3.05) is 10.2 Å². The van der Waals surface area contributed by atoms with E-state index in [0.29, 0.717) is 16.5 Å². The lowest BCUT2D eigenvalue weighted by atomic mass is 10.2. The number of hydrogen-bond donors (Lipinski definition) is 1. The molecule has 1 atom stereocenters. The Morgan fingerprint density at radius 2 is 1.62 bits per heavy atom. The van der Waals surface area contributed by atoms with E-state index in [1.807, 2.05) is 48.5 Å². The summed E-state index contributed by atoms with van der Waals surface area (Å²) in [4.78, 5) is 31.8. The Balaban J connectivity index is 1.61. The summed E-state index contributed by atoms with van der Waals surface area (Å²) in [7, 11) is 0. The molecule has 1 heterocycles. The van der Waals surface area contributed by atoms with Crippen molar-refractivity contribution in [3.8, 4) is 0 Å². The molecular formula is C25H20FN3O2S. The molecule has 1 N–H and O–H groups in total. The number of hydrogen-bond acceptors (Lipinski definition) is 4. The Hall–Kier alpha value is -3.71. The molecule has 0 radical (unpaired) electrons. The van der Waals surface area contributed by atoms with Crippen molar-refractivity contribution >= 4 is 46.2 Å². The van der Waals surface area contributed by atoms with E-state index < -0.39 is 11.1 Å². The van der Waals surface area contributed by atoms with Crippen LogP contribution < -0.4 is 10.2 Å². The molecule has 7 heteroatoms. The summed E-state index contributed by atoms with van der Waals surface area (Å²) < 4.78 is 13.5. The van der Waals surface area contributed by atoms with Crippen molar-refractivity contribution in [2.45, 2.75) is 12.2 Å². The standard InChI is InChI=1S/C25H20FN3O2S/c1-17(23(30)27-20-10-6-3-7-11-20)32-25-28-22(16-18-8-4-2-5-9-18)24(31)29(25)21-14-12-19(26)13-15-21/h2-17H,1H3,(H,27,30)/b22-16-. The van der Waals surface area contributed by atoms with Gasteiger partial charge in [-0.25, -0.2) is 9.38 Å². The van der Waals surface area contributed by atoms with Gasteiger partial charge in [0, 0.05) is 5.69 Å². The Morgan fingerprint density at radius 1 is 1.00 bits per heavy atom. The summed E-state index contributed by atoms with van der Waals surface area (Å²) in [6, 6.07) is 24.1. The van der Waals surface area contributed by atoms with Crippen LogP contribution >= 0.6 is 11.8 Å². The van der Waals surface area contributed by atoms with Gasteiger partial charge in [-0.3, -0.25) is 14.5 Å². The molecule has 1 aliphatic heterocycles. The van der Waals surface area contributed by atoms with E-state index in [0.717, 1.165) is 5.56 Å². The molecule has 2 amide bonds. The highest BCUT2D eigenvalue weighted by atomic mass is 32.2. The quantitative estimate of drug-likeness (QED) is 0.540. The van der Waals surface area contributed by atoms with Gasteiger partial charge >= 0.3 is 0 Å². The highest BCUT2D eigenvalue weighted by Gasteiger charge is 2.34. The van der Waals surface area contributed by atoms with Crippen LogP contribution in [0, 0.1) is 5.82 Å². The van der Waals surface area contributed by atoms with E-state index in [1.54, 1.807) is 25.1 Å². The minimum absolute atomic E-state index is 0.212. The fourth-order valence-corrected chi connectivity index (χ4v) is 4.00. The number of amidine groups is 1. The van der Waals surface area contributed by atoms with E-state index in [4.69, 9.17) is 0 Å². The predicted octanol–water partition coefficient (Wildman–Crippen LogP) is 5.33. The van der Waals surface area contributed by atoms with Crippen LogP contribution in [0.3, 0.4) is 0 Å². The lowest BCUT2D eigenvalue weighted by Crippen LogP contribution is -2.33. The van der Waals surface area contributed by atoms with Crippen molar-refractivity contribution in [1.82, 2.24) is 0 Å². The molecule has 4 rings (SSSR count). The molecule has 0 aromatic heterocycles. The van der Waals surface area contributed by atoms with Crippen LogP contribution in [0.15, 0.2) is 95.6 Å². The number of halogens is 1. The minimum atomic E-state index is -0.527. The maximum absolute atomic E-state index is 13.5. The van der Waals surface area contributed by atoms with Gasteiger partial charge in [0.15, 0.2) is 5.17 Å². The Labute approximate surface area is 189 Å². The fourth-order valence-electron chi connectivity index (χ4n) is 3.08. The number of benzene rings is 3. The van der Waals surface area contributed by atoms with E-state index >= 15 is 0 Å². The molecule has 1 aliphatic rings. The molecule has 32 heavy (non-hydrogen) atoms. The number of rotatable bonds is 5. The molecule has 1 unspecified atom stereocenters. The molecule has 0 saturated carbocycles. The summed E-state index contributed by atoms with van der Waals surface area (Å²) in [5.41, 5.74) is 2.25. The Kier molecular flexibility index (Phi) is 6.47. The monoisotopic (exact) mass is 445 g/mol. The van der Waals surface area contributed by atoms with Crippen LogP contribution in [0.2, 0.25) is 0 Å². The van der Waals surface area contributed by atoms with Crippen LogP contribution in [0.25, 0.3) is 6.08 Å². The number of carbonyl (C=O) groups is 2. The highest BCUT2D eigenvalue weighted by molar-refractivity contribution is 8.15. The van der Waals surface area contributed by atoms with E-state index in [-0.39, 0.29) is 17.5 Å². The number of amides is 2. The third-order valence-electron chi connectivity index (χ3n) is 4.71. The molecule has 5 nitrogen and oxygen atoms in total. The lowest BCUT2D eigenvalue weighted by Gasteiger charge is -2.20. The first-order chi connectivity index (χ1) is 15.5. The van der Waals surface area contributed by atoms with Crippen molar-refractivity contribution in [1.29, 1.82) is 0 Å². The van der Waals surface area contributed by atoms with Crippen LogP contribution in [0.4, 0.5) is 15.8 Å². The van der Waals surface area contributed by atoms with Crippen molar-refractivity contribution in [2.24, 2.45) is 4.99 Å². The van der Waals surface area contributed by atoms with Crippen LogP contribution in [-0.4, -0.2) is 22.2 Å². The van der Waals surface area contributed by atoms with Crippen molar-refractivity contribution in [3.63, 3.8) is 0 Å². The summed E-state index contributed by atoms with van der Waals surface area (Å²) in [5.74, 6) is -0.947. The van der Waals surface area contributed by atoms with Crippen LogP contribution in [0.1, 0.15) is 12.5 Å². The number of nitrogens with zero attached hydrogens (tertiary/aromatic N) is 2. The molecular weight excluding hydrogens is 425 g/mol. The number of para-hydroxylation sites is 1. The second kappa shape index (κ2) is 9.62. The van der Waals surface area contributed by atoms with Crippen LogP contribution in [-0.2, 0) is 9.59 Å². The van der Waals surface area contributed by atoms with Gasteiger partial charge in [0.05, 0.1) is 10.9 Å². The normalized spacial score (nSPS) is 15.6. The second-order valence-corrected chi connectivity index (χ2v) is 8.37. The maximum Gasteiger partial charge on any atom is 0.283 e. The number of aliphatic imine (C=N–C) groups is 1. The molecule has 0 bridgehead atoms. The predicted molar refractivity (Wildman–Crippen MR) is 128 cm³/mol. The van der Waals surface area contributed by atoms with Gasteiger partial charge in [-0.1, -0.05) is 60.3 Å². The zero-order valence-corrected chi connectivity index (χ0v) is 18.1. The minimum Gasteiger partial charge on any atom is -0.325 e. The smallest absolute Gasteiger partial charge is 0.283 e. The first-order valence-corrected chi connectivity index (χ1v) is 10.9. The third-order valence-corrected chi connectivity index (χ3v) is 5.76. The molecule has 3 aromatic rings.